The first-order valence-corrected chi connectivity index (χ1v) is 5.31. The van der Waals surface area contributed by atoms with E-state index in [1.807, 2.05) is 6.07 Å². The van der Waals surface area contributed by atoms with Gasteiger partial charge in [-0.05, 0) is 41.9 Å². The van der Waals surface area contributed by atoms with Crippen LogP contribution in [0.1, 0.15) is 60.0 Å². The van der Waals surface area contributed by atoms with Gasteiger partial charge in [-0.15, -0.1) is 0 Å². The fourth-order valence-corrected chi connectivity index (χ4v) is 2.35. The summed E-state index contributed by atoms with van der Waals surface area (Å²) < 4.78 is 0. The molecule has 2 rings (SSSR count). The molecule has 1 heteroatoms. The Bertz CT molecular complexity index is 354. The van der Waals surface area contributed by atoms with Gasteiger partial charge in [0.1, 0.15) is 6.29 Å². The smallest absolute Gasteiger partial charge is 0.150 e. The number of aldehydes is 1. The molecule has 1 aromatic rings. The summed E-state index contributed by atoms with van der Waals surface area (Å²) in [4.78, 5) is 10.7. The van der Waals surface area contributed by atoms with Crippen LogP contribution in [0.15, 0.2) is 18.2 Å². The van der Waals surface area contributed by atoms with Crippen LogP contribution in [0.5, 0.6) is 0 Å². The average molecular weight is 188 g/mol. The van der Waals surface area contributed by atoms with Crippen molar-refractivity contribution in [1.29, 1.82) is 0 Å². The Balaban J connectivity index is 2.50. The number of carbonyl (C=O) groups is 1. The third-order valence-corrected chi connectivity index (χ3v) is 3.34. The molecule has 0 saturated heterocycles. The molecule has 0 amide bonds. The highest BCUT2D eigenvalue weighted by Crippen LogP contribution is 2.38. The molecule has 1 nitrogen and oxygen atoms in total. The molecule has 1 aliphatic carbocycles. The normalized spacial score (nSPS) is 25.6. The minimum Gasteiger partial charge on any atom is -0.298 e. The molecule has 2 unspecified atom stereocenters. The van der Waals surface area contributed by atoms with E-state index in [0.717, 1.165) is 11.8 Å². The lowest BCUT2D eigenvalue weighted by Crippen LogP contribution is -2.10. The molecule has 0 bridgehead atoms. The summed E-state index contributed by atoms with van der Waals surface area (Å²) >= 11 is 0. The van der Waals surface area contributed by atoms with Crippen molar-refractivity contribution in [3.05, 3.63) is 34.9 Å². The summed E-state index contributed by atoms with van der Waals surface area (Å²) in [5.41, 5.74) is 3.63. The summed E-state index contributed by atoms with van der Waals surface area (Å²) in [7, 11) is 0. The van der Waals surface area contributed by atoms with E-state index < -0.39 is 0 Å². The van der Waals surface area contributed by atoms with E-state index in [1.54, 1.807) is 0 Å². The number of hydrogen-bond acceptors (Lipinski definition) is 1. The lowest BCUT2D eigenvalue weighted by molar-refractivity contribution is 0.112. The Labute approximate surface area is 85.1 Å². The van der Waals surface area contributed by atoms with Gasteiger partial charge in [-0.2, -0.15) is 0 Å². The Hall–Kier alpha value is -1.11. The molecular formula is C13H16O. The number of fused-ring (bicyclic) bond motifs is 1. The second kappa shape index (κ2) is 3.56. The van der Waals surface area contributed by atoms with Crippen LogP contribution in [0, 0.1) is 0 Å². The van der Waals surface area contributed by atoms with Crippen molar-refractivity contribution < 1.29 is 4.79 Å². The minimum absolute atomic E-state index is 0.612. The van der Waals surface area contributed by atoms with Crippen LogP contribution < -0.4 is 0 Å². The van der Waals surface area contributed by atoms with Gasteiger partial charge in [0.15, 0.2) is 0 Å². The van der Waals surface area contributed by atoms with E-state index >= 15 is 0 Å². The van der Waals surface area contributed by atoms with Gasteiger partial charge in [-0.25, -0.2) is 0 Å². The van der Waals surface area contributed by atoms with Crippen LogP contribution in [0.2, 0.25) is 0 Å². The van der Waals surface area contributed by atoms with Crippen molar-refractivity contribution in [2.24, 2.45) is 0 Å². The summed E-state index contributed by atoms with van der Waals surface area (Å²) in [5.74, 6) is 1.27. The molecule has 0 spiro atoms. The molecule has 0 heterocycles. The van der Waals surface area contributed by atoms with E-state index in [4.69, 9.17) is 0 Å². The predicted octanol–water partition coefficient (Wildman–Crippen LogP) is 3.50. The van der Waals surface area contributed by atoms with E-state index in [-0.39, 0.29) is 0 Å². The van der Waals surface area contributed by atoms with Gasteiger partial charge in [0.05, 0.1) is 0 Å². The molecule has 14 heavy (non-hydrogen) atoms. The zero-order valence-corrected chi connectivity index (χ0v) is 8.79. The molecule has 0 aliphatic heterocycles. The Morgan fingerprint density at radius 3 is 2.43 bits per heavy atom. The second-order valence-corrected chi connectivity index (χ2v) is 4.39. The summed E-state index contributed by atoms with van der Waals surface area (Å²) in [6, 6.07) is 6.11. The molecule has 74 valence electrons. The summed E-state index contributed by atoms with van der Waals surface area (Å²) in [6.07, 6.45) is 3.46. The largest absolute Gasteiger partial charge is 0.298 e. The van der Waals surface area contributed by atoms with Crippen LogP contribution in [0.3, 0.4) is 0 Å². The van der Waals surface area contributed by atoms with Crippen LogP contribution in [-0.2, 0) is 0 Å². The van der Waals surface area contributed by atoms with Gasteiger partial charge in [-0.3, -0.25) is 4.79 Å². The highest BCUT2D eigenvalue weighted by atomic mass is 16.1. The van der Waals surface area contributed by atoms with Crippen LogP contribution in [-0.4, -0.2) is 6.29 Å². The fourth-order valence-electron chi connectivity index (χ4n) is 2.35. The van der Waals surface area contributed by atoms with Crippen molar-refractivity contribution >= 4 is 6.29 Å². The topological polar surface area (TPSA) is 17.1 Å². The molecule has 0 aromatic heterocycles. The number of benzene rings is 1. The fraction of sp³-hybridized carbons (Fsp3) is 0.462. The molecule has 0 N–H and O–H groups in total. The first-order valence-electron chi connectivity index (χ1n) is 5.31. The Morgan fingerprint density at radius 2 is 1.79 bits per heavy atom. The zero-order valence-electron chi connectivity index (χ0n) is 8.79. The molecule has 1 aliphatic rings. The van der Waals surface area contributed by atoms with Gasteiger partial charge < -0.3 is 0 Å². The van der Waals surface area contributed by atoms with Gasteiger partial charge in [0.2, 0.25) is 0 Å². The van der Waals surface area contributed by atoms with E-state index in [2.05, 4.69) is 26.0 Å². The zero-order chi connectivity index (χ0) is 10.1. The molecule has 2 atom stereocenters. The highest BCUT2D eigenvalue weighted by Gasteiger charge is 2.21. The van der Waals surface area contributed by atoms with Crippen molar-refractivity contribution in [3.8, 4) is 0 Å². The third kappa shape index (κ3) is 1.47. The average Bonchev–Trinajstić information content (AvgIpc) is 2.23. The van der Waals surface area contributed by atoms with Crippen LogP contribution >= 0.6 is 0 Å². The van der Waals surface area contributed by atoms with Crippen LogP contribution in [0.25, 0.3) is 0 Å². The van der Waals surface area contributed by atoms with Crippen molar-refractivity contribution in [2.75, 3.05) is 0 Å². The van der Waals surface area contributed by atoms with Crippen molar-refractivity contribution in [1.82, 2.24) is 0 Å². The third-order valence-electron chi connectivity index (χ3n) is 3.34. The van der Waals surface area contributed by atoms with Gasteiger partial charge in [0.25, 0.3) is 0 Å². The maximum absolute atomic E-state index is 10.7. The number of rotatable bonds is 1. The quantitative estimate of drug-likeness (QED) is 0.616. The molecule has 0 radical (unpaired) electrons. The highest BCUT2D eigenvalue weighted by molar-refractivity contribution is 5.75. The van der Waals surface area contributed by atoms with Crippen molar-refractivity contribution in [2.45, 2.75) is 38.5 Å². The molecule has 0 saturated carbocycles. The maximum atomic E-state index is 10.7. The second-order valence-electron chi connectivity index (χ2n) is 4.39. The summed E-state index contributed by atoms with van der Waals surface area (Å²) in [6.45, 7) is 4.52. The lowest BCUT2D eigenvalue weighted by atomic mass is 9.78. The first-order chi connectivity index (χ1) is 6.72. The van der Waals surface area contributed by atoms with Gasteiger partial charge in [-0.1, -0.05) is 26.0 Å². The number of carbonyl (C=O) groups excluding carboxylic acids is 1. The monoisotopic (exact) mass is 188 g/mol. The molecule has 1 aromatic carbocycles. The Kier molecular flexibility index (Phi) is 2.40. The number of hydrogen-bond donors (Lipinski definition) is 0. The van der Waals surface area contributed by atoms with Gasteiger partial charge >= 0.3 is 0 Å². The van der Waals surface area contributed by atoms with Crippen LogP contribution in [0.4, 0.5) is 0 Å². The lowest BCUT2D eigenvalue weighted by Gasteiger charge is -2.27. The first kappa shape index (κ1) is 9.45. The van der Waals surface area contributed by atoms with E-state index in [9.17, 15) is 4.79 Å². The summed E-state index contributed by atoms with van der Waals surface area (Å²) in [5, 5.41) is 0. The molecule has 0 fully saturated rings. The Morgan fingerprint density at radius 1 is 1.14 bits per heavy atom. The minimum atomic E-state index is 0.612. The van der Waals surface area contributed by atoms with E-state index in [0.29, 0.717) is 11.8 Å². The van der Waals surface area contributed by atoms with E-state index in [1.165, 1.54) is 24.0 Å². The molecular weight excluding hydrogens is 172 g/mol. The van der Waals surface area contributed by atoms with Gasteiger partial charge in [0, 0.05) is 5.56 Å². The standard InChI is InChI=1S/C13H16O/c1-9-3-4-10(2)13-7-11(8-14)5-6-12(9)13/h5-10H,3-4H2,1-2H3. The SMILES string of the molecule is CC1CCC(C)c2cc(C=O)ccc21. The van der Waals surface area contributed by atoms with Crippen molar-refractivity contribution in [3.63, 3.8) is 0 Å². The predicted molar refractivity (Wildman–Crippen MR) is 57.9 cm³/mol. The maximum Gasteiger partial charge on any atom is 0.150 e.